The van der Waals surface area contributed by atoms with Crippen LogP contribution < -0.4 is 0 Å². The van der Waals surface area contributed by atoms with E-state index in [1.807, 2.05) is 13.8 Å². The number of Topliss-reactive ketones (excluding diaryl/α,β-unsaturated/α-hetero) is 1. The summed E-state index contributed by atoms with van der Waals surface area (Å²) in [7, 11) is 0. The first-order valence-electron chi connectivity index (χ1n) is 6.78. The summed E-state index contributed by atoms with van der Waals surface area (Å²) < 4.78 is 0. The van der Waals surface area contributed by atoms with Crippen molar-refractivity contribution in [1.29, 1.82) is 0 Å². The molecule has 16 heavy (non-hydrogen) atoms. The Morgan fingerprint density at radius 2 is 1.69 bits per heavy atom. The van der Waals surface area contributed by atoms with Crippen molar-refractivity contribution >= 4 is 5.78 Å². The molecule has 0 spiro atoms. The minimum Gasteiger partial charge on any atom is -0.298 e. The molecule has 1 aliphatic rings. The van der Waals surface area contributed by atoms with Crippen LogP contribution in [0.15, 0.2) is 0 Å². The molecule has 0 aromatic rings. The van der Waals surface area contributed by atoms with E-state index in [0.717, 1.165) is 13.1 Å². The van der Waals surface area contributed by atoms with Crippen LogP contribution in [0.2, 0.25) is 0 Å². The fourth-order valence-electron chi connectivity index (χ4n) is 2.55. The molecule has 0 unspecified atom stereocenters. The Kier molecular flexibility index (Phi) is 4.97. The Hall–Kier alpha value is -0.370. The summed E-state index contributed by atoms with van der Waals surface area (Å²) in [6.07, 6.45) is 5.11. The summed E-state index contributed by atoms with van der Waals surface area (Å²) in [5.41, 5.74) is 0.567. The van der Waals surface area contributed by atoms with Crippen LogP contribution in [0.5, 0.6) is 0 Å². The zero-order chi connectivity index (χ0) is 12.2. The molecule has 1 fully saturated rings. The van der Waals surface area contributed by atoms with Gasteiger partial charge in [-0.3, -0.25) is 9.69 Å². The van der Waals surface area contributed by atoms with E-state index in [4.69, 9.17) is 0 Å². The second kappa shape index (κ2) is 5.81. The summed E-state index contributed by atoms with van der Waals surface area (Å²) in [6.45, 7) is 11.5. The summed E-state index contributed by atoms with van der Waals surface area (Å²) in [5, 5.41) is 0. The molecule has 1 rings (SSSR count). The van der Waals surface area contributed by atoms with Crippen molar-refractivity contribution in [2.45, 2.75) is 53.4 Å². The normalized spacial score (nSPS) is 21.3. The Balaban J connectivity index is 2.40. The van der Waals surface area contributed by atoms with Crippen LogP contribution in [0.3, 0.4) is 0 Å². The molecular weight excluding hydrogens is 198 g/mol. The van der Waals surface area contributed by atoms with Crippen LogP contribution >= 0.6 is 0 Å². The maximum atomic E-state index is 11.7. The van der Waals surface area contributed by atoms with Crippen LogP contribution in [0.1, 0.15) is 53.4 Å². The number of rotatable bonds is 5. The van der Waals surface area contributed by atoms with Gasteiger partial charge in [0, 0.05) is 5.92 Å². The van der Waals surface area contributed by atoms with Crippen LogP contribution in [0.25, 0.3) is 0 Å². The van der Waals surface area contributed by atoms with E-state index in [1.54, 1.807) is 0 Å². The highest BCUT2D eigenvalue weighted by Crippen LogP contribution is 2.37. The van der Waals surface area contributed by atoms with Crippen molar-refractivity contribution in [3.05, 3.63) is 0 Å². The van der Waals surface area contributed by atoms with Gasteiger partial charge in [-0.2, -0.15) is 0 Å². The van der Waals surface area contributed by atoms with Gasteiger partial charge in [0.05, 0.1) is 6.54 Å². The molecule has 0 aliphatic carbocycles. The standard InChI is InChI=1S/C14H27NO/c1-5-14(6-2)7-9-15(10-8-14)11-13(16)12(3)4/h12H,5-11H2,1-4H3. The Morgan fingerprint density at radius 3 is 2.06 bits per heavy atom. The van der Waals surface area contributed by atoms with Gasteiger partial charge in [-0.05, 0) is 31.3 Å². The number of ketones is 1. The van der Waals surface area contributed by atoms with E-state index in [-0.39, 0.29) is 5.92 Å². The van der Waals surface area contributed by atoms with Gasteiger partial charge in [0.15, 0.2) is 0 Å². The van der Waals surface area contributed by atoms with Gasteiger partial charge < -0.3 is 0 Å². The molecular formula is C14H27NO. The van der Waals surface area contributed by atoms with Crippen LogP contribution in [0.4, 0.5) is 0 Å². The lowest BCUT2D eigenvalue weighted by Crippen LogP contribution is -2.42. The predicted molar refractivity (Wildman–Crippen MR) is 68.5 cm³/mol. The molecule has 0 saturated carbocycles. The van der Waals surface area contributed by atoms with Gasteiger partial charge in [-0.25, -0.2) is 0 Å². The number of piperidine rings is 1. The van der Waals surface area contributed by atoms with Gasteiger partial charge in [0.2, 0.25) is 0 Å². The lowest BCUT2D eigenvalue weighted by Gasteiger charge is -2.40. The van der Waals surface area contributed by atoms with Gasteiger partial charge in [0.25, 0.3) is 0 Å². The highest BCUT2D eigenvalue weighted by Gasteiger charge is 2.31. The first-order valence-corrected chi connectivity index (χ1v) is 6.78. The highest BCUT2D eigenvalue weighted by molar-refractivity contribution is 5.82. The second-order valence-corrected chi connectivity index (χ2v) is 5.60. The Morgan fingerprint density at radius 1 is 1.19 bits per heavy atom. The summed E-state index contributed by atoms with van der Waals surface area (Å²) in [6, 6.07) is 0. The molecule has 2 nitrogen and oxygen atoms in total. The maximum Gasteiger partial charge on any atom is 0.149 e. The van der Waals surface area contributed by atoms with E-state index in [9.17, 15) is 4.79 Å². The third-order valence-electron chi connectivity index (χ3n) is 4.44. The average molecular weight is 225 g/mol. The SMILES string of the molecule is CCC1(CC)CCN(CC(=O)C(C)C)CC1. The van der Waals surface area contributed by atoms with Crippen molar-refractivity contribution in [1.82, 2.24) is 4.90 Å². The van der Waals surface area contributed by atoms with Crippen LogP contribution in [-0.2, 0) is 4.79 Å². The van der Waals surface area contributed by atoms with Crippen LogP contribution in [0, 0.1) is 11.3 Å². The number of hydrogen-bond donors (Lipinski definition) is 0. The predicted octanol–water partition coefficient (Wildman–Crippen LogP) is 3.11. The molecule has 0 N–H and O–H groups in total. The molecule has 1 saturated heterocycles. The van der Waals surface area contributed by atoms with E-state index in [2.05, 4.69) is 18.7 Å². The van der Waals surface area contributed by atoms with Crippen LogP contribution in [-0.4, -0.2) is 30.3 Å². The first kappa shape index (κ1) is 13.7. The zero-order valence-electron chi connectivity index (χ0n) is 11.4. The molecule has 0 atom stereocenters. The number of carbonyl (C=O) groups excluding carboxylic acids is 1. The smallest absolute Gasteiger partial charge is 0.149 e. The number of nitrogens with zero attached hydrogens (tertiary/aromatic N) is 1. The molecule has 94 valence electrons. The van der Waals surface area contributed by atoms with Gasteiger partial charge in [-0.15, -0.1) is 0 Å². The molecule has 0 bridgehead atoms. The van der Waals surface area contributed by atoms with E-state index in [0.29, 0.717) is 17.7 Å². The van der Waals surface area contributed by atoms with Gasteiger partial charge in [-0.1, -0.05) is 40.5 Å². The molecule has 0 aromatic heterocycles. The molecule has 0 amide bonds. The van der Waals surface area contributed by atoms with E-state index < -0.39 is 0 Å². The van der Waals surface area contributed by atoms with Crippen molar-refractivity contribution < 1.29 is 4.79 Å². The minimum atomic E-state index is 0.184. The van der Waals surface area contributed by atoms with E-state index >= 15 is 0 Å². The van der Waals surface area contributed by atoms with Crippen molar-refractivity contribution in [2.75, 3.05) is 19.6 Å². The first-order chi connectivity index (χ1) is 7.53. The van der Waals surface area contributed by atoms with Crippen molar-refractivity contribution in [2.24, 2.45) is 11.3 Å². The lowest BCUT2D eigenvalue weighted by atomic mass is 9.74. The molecule has 2 heteroatoms. The maximum absolute atomic E-state index is 11.7. The Bertz CT molecular complexity index is 221. The molecule has 0 aromatic carbocycles. The van der Waals surface area contributed by atoms with Crippen molar-refractivity contribution in [3.63, 3.8) is 0 Å². The third-order valence-corrected chi connectivity index (χ3v) is 4.44. The quantitative estimate of drug-likeness (QED) is 0.716. The summed E-state index contributed by atoms with van der Waals surface area (Å²) in [4.78, 5) is 14.0. The average Bonchev–Trinajstić information content (AvgIpc) is 2.30. The monoisotopic (exact) mass is 225 g/mol. The number of hydrogen-bond acceptors (Lipinski definition) is 2. The summed E-state index contributed by atoms with van der Waals surface area (Å²) in [5.74, 6) is 0.574. The Labute approximate surface area is 100 Å². The zero-order valence-corrected chi connectivity index (χ0v) is 11.4. The number of carbonyl (C=O) groups is 1. The number of likely N-dealkylation sites (tertiary alicyclic amines) is 1. The lowest BCUT2D eigenvalue weighted by molar-refractivity contribution is -0.123. The summed E-state index contributed by atoms with van der Waals surface area (Å²) >= 11 is 0. The minimum absolute atomic E-state index is 0.184. The second-order valence-electron chi connectivity index (χ2n) is 5.60. The molecule has 0 radical (unpaired) electrons. The largest absolute Gasteiger partial charge is 0.298 e. The molecule has 1 heterocycles. The fraction of sp³-hybridized carbons (Fsp3) is 0.929. The topological polar surface area (TPSA) is 20.3 Å². The third kappa shape index (κ3) is 3.31. The highest BCUT2D eigenvalue weighted by atomic mass is 16.1. The molecule has 1 aliphatic heterocycles. The van der Waals surface area contributed by atoms with Crippen molar-refractivity contribution in [3.8, 4) is 0 Å². The fourth-order valence-corrected chi connectivity index (χ4v) is 2.55. The van der Waals surface area contributed by atoms with E-state index in [1.165, 1.54) is 25.7 Å². The van der Waals surface area contributed by atoms with Gasteiger partial charge >= 0.3 is 0 Å². The van der Waals surface area contributed by atoms with Gasteiger partial charge in [0.1, 0.15) is 5.78 Å².